The number of hydrogen-bond acceptors (Lipinski definition) is 3. The van der Waals surface area contributed by atoms with Gasteiger partial charge in [0.2, 0.25) is 0 Å². The fourth-order valence-corrected chi connectivity index (χ4v) is 2.39. The third kappa shape index (κ3) is 2.53. The van der Waals surface area contributed by atoms with Crippen molar-refractivity contribution in [1.29, 1.82) is 0 Å². The van der Waals surface area contributed by atoms with Gasteiger partial charge in [0, 0.05) is 19.2 Å². The molecule has 0 aliphatic rings. The normalized spacial score (nSPS) is 10.8. The molecule has 0 aliphatic carbocycles. The van der Waals surface area contributed by atoms with Crippen LogP contribution in [0.4, 0.5) is 0 Å². The molecule has 0 aliphatic heterocycles. The second kappa shape index (κ2) is 5.52. The number of nitrogens with one attached hydrogen (secondary N) is 1. The van der Waals surface area contributed by atoms with Crippen LogP contribution in [0.2, 0.25) is 0 Å². The van der Waals surface area contributed by atoms with E-state index in [1.165, 1.54) is 4.57 Å². The molecule has 2 aromatic carbocycles. The molecule has 0 fully saturated rings. The van der Waals surface area contributed by atoms with Crippen molar-refractivity contribution in [2.75, 3.05) is 0 Å². The lowest BCUT2D eigenvalue weighted by atomic mass is 10.1. The average molecular weight is 296 g/mol. The topological polar surface area (TPSA) is 64.2 Å². The molecule has 0 bridgehead atoms. The molecule has 1 aromatic heterocycles. The Hall–Kier alpha value is -2.82. The van der Waals surface area contributed by atoms with E-state index >= 15 is 0 Å². The third-order valence-electron chi connectivity index (χ3n) is 3.70. The van der Waals surface area contributed by atoms with Crippen LogP contribution < -0.4 is 11.1 Å². The molecule has 0 spiro atoms. The number of rotatable bonds is 3. The molecule has 0 saturated heterocycles. The van der Waals surface area contributed by atoms with Crippen molar-refractivity contribution in [3.8, 4) is 0 Å². The Kier molecular flexibility index (Phi) is 3.55. The van der Waals surface area contributed by atoms with E-state index in [4.69, 9.17) is 4.42 Å². The van der Waals surface area contributed by atoms with Gasteiger partial charge in [-0.25, -0.2) is 4.79 Å². The van der Waals surface area contributed by atoms with Gasteiger partial charge in [0.25, 0.3) is 5.91 Å². The number of aryl methyl sites for hydroxylation is 2. The molecule has 3 aromatic rings. The summed E-state index contributed by atoms with van der Waals surface area (Å²) in [6.07, 6.45) is 0. The highest BCUT2D eigenvalue weighted by atomic mass is 16.4. The SMILES string of the molecule is Cc1ccccc1C(=O)NCc1ccc2c(c1)oc(=O)n2C. The second-order valence-corrected chi connectivity index (χ2v) is 5.23. The summed E-state index contributed by atoms with van der Waals surface area (Å²) < 4.78 is 6.59. The van der Waals surface area contributed by atoms with E-state index in [1.54, 1.807) is 19.2 Å². The van der Waals surface area contributed by atoms with E-state index in [9.17, 15) is 9.59 Å². The van der Waals surface area contributed by atoms with Gasteiger partial charge >= 0.3 is 5.76 Å². The highest BCUT2D eigenvalue weighted by Gasteiger charge is 2.09. The summed E-state index contributed by atoms with van der Waals surface area (Å²) in [6, 6.07) is 12.9. The number of nitrogens with zero attached hydrogens (tertiary/aromatic N) is 1. The van der Waals surface area contributed by atoms with Crippen molar-refractivity contribution < 1.29 is 9.21 Å². The van der Waals surface area contributed by atoms with Gasteiger partial charge in [0.15, 0.2) is 5.58 Å². The summed E-state index contributed by atoms with van der Waals surface area (Å²) in [5.41, 5.74) is 3.73. The number of hydrogen-bond donors (Lipinski definition) is 1. The first kappa shape index (κ1) is 14.1. The van der Waals surface area contributed by atoms with Gasteiger partial charge in [-0.05, 0) is 36.2 Å². The van der Waals surface area contributed by atoms with Gasteiger partial charge in [-0.15, -0.1) is 0 Å². The van der Waals surface area contributed by atoms with Crippen molar-refractivity contribution in [2.24, 2.45) is 7.05 Å². The third-order valence-corrected chi connectivity index (χ3v) is 3.70. The van der Waals surface area contributed by atoms with Crippen molar-refractivity contribution in [3.05, 3.63) is 69.7 Å². The van der Waals surface area contributed by atoms with Crippen LogP contribution in [-0.2, 0) is 13.6 Å². The van der Waals surface area contributed by atoms with Crippen LogP contribution in [0.1, 0.15) is 21.5 Å². The molecule has 5 heteroatoms. The predicted octanol–water partition coefficient (Wildman–Crippen LogP) is 2.37. The Morgan fingerprint density at radius 2 is 2.00 bits per heavy atom. The summed E-state index contributed by atoms with van der Waals surface area (Å²) in [5, 5.41) is 2.88. The van der Waals surface area contributed by atoms with Crippen LogP contribution >= 0.6 is 0 Å². The Bertz CT molecular complexity index is 906. The molecule has 0 radical (unpaired) electrons. The van der Waals surface area contributed by atoms with Gasteiger partial charge in [0.1, 0.15) is 0 Å². The molecular weight excluding hydrogens is 280 g/mol. The second-order valence-electron chi connectivity index (χ2n) is 5.23. The van der Waals surface area contributed by atoms with E-state index in [0.29, 0.717) is 17.7 Å². The first-order valence-corrected chi connectivity index (χ1v) is 6.98. The standard InChI is InChI=1S/C17H16N2O3/c1-11-5-3-4-6-13(11)16(20)18-10-12-7-8-14-15(9-12)22-17(21)19(14)2/h3-9H,10H2,1-2H3,(H,18,20). The van der Waals surface area contributed by atoms with Crippen molar-refractivity contribution in [3.63, 3.8) is 0 Å². The molecule has 22 heavy (non-hydrogen) atoms. The maximum absolute atomic E-state index is 12.2. The number of fused-ring (bicyclic) bond motifs is 1. The Labute approximate surface area is 127 Å². The van der Waals surface area contributed by atoms with Gasteiger partial charge in [-0.1, -0.05) is 24.3 Å². The monoisotopic (exact) mass is 296 g/mol. The van der Waals surface area contributed by atoms with Gasteiger partial charge in [-0.3, -0.25) is 9.36 Å². The quantitative estimate of drug-likeness (QED) is 0.807. The van der Waals surface area contributed by atoms with E-state index in [1.807, 2.05) is 37.3 Å². The number of benzene rings is 2. The molecule has 1 heterocycles. The molecule has 112 valence electrons. The molecule has 1 N–H and O–H groups in total. The molecule has 0 atom stereocenters. The predicted molar refractivity (Wildman–Crippen MR) is 83.8 cm³/mol. The van der Waals surface area contributed by atoms with E-state index in [2.05, 4.69) is 5.32 Å². The minimum Gasteiger partial charge on any atom is -0.408 e. The summed E-state index contributed by atoms with van der Waals surface area (Å²) in [5.74, 6) is -0.510. The van der Waals surface area contributed by atoms with Crippen LogP contribution in [-0.4, -0.2) is 10.5 Å². The van der Waals surface area contributed by atoms with Crippen LogP contribution in [0.3, 0.4) is 0 Å². The molecular formula is C17H16N2O3. The number of oxazole rings is 1. The summed E-state index contributed by atoms with van der Waals surface area (Å²) in [7, 11) is 1.66. The molecule has 3 rings (SSSR count). The Morgan fingerprint density at radius 3 is 2.77 bits per heavy atom. The molecule has 5 nitrogen and oxygen atoms in total. The van der Waals surface area contributed by atoms with Crippen LogP contribution in [0.5, 0.6) is 0 Å². The zero-order valence-electron chi connectivity index (χ0n) is 12.4. The first-order chi connectivity index (χ1) is 10.6. The zero-order valence-corrected chi connectivity index (χ0v) is 12.4. The minimum atomic E-state index is -0.393. The fourth-order valence-electron chi connectivity index (χ4n) is 2.39. The van der Waals surface area contributed by atoms with Gasteiger partial charge in [-0.2, -0.15) is 0 Å². The van der Waals surface area contributed by atoms with E-state index in [-0.39, 0.29) is 5.91 Å². The summed E-state index contributed by atoms with van der Waals surface area (Å²) in [4.78, 5) is 23.6. The summed E-state index contributed by atoms with van der Waals surface area (Å²) in [6.45, 7) is 2.28. The van der Waals surface area contributed by atoms with Crippen molar-refractivity contribution >= 4 is 17.0 Å². The van der Waals surface area contributed by atoms with E-state index < -0.39 is 5.76 Å². The smallest absolute Gasteiger partial charge is 0.408 e. The Balaban J connectivity index is 1.78. The summed E-state index contributed by atoms with van der Waals surface area (Å²) >= 11 is 0. The van der Waals surface area contributed by atoms with Crippen molar-refractivity contribution in [2.45, 2.75) is 13.5 Å². The van der Waals surface area contributed by atoms with Gasteiger partial charge in [0.05, 0.1) is 5.52 Å². The highest BCUT2D eigenvalue weighted by Crippen LogP contribution is 2.14. The highest BCUT2D eigenvalue weighted by molar-refractivity contribution is 5.95. The van der Waals surface area contributed by atoms with Crippen molar-refractivity contribution in [1.82, 2.24) is 9.88 Å². The minimum absolute atomic E-state index is 0.118. The maximum atomic E-state index is 12.2. The average Bonchev–Trinajstić information content (AvgIpc) is 2.80. The molecule has 0 saturated carbocycles. The van der Waals surface area contributed by atoms with Crippen LogP contribution in [0.25, 0.3) is 11.1 Å². The Morgan fingerprint density at radius 1 is 1.23 bits per heavy atom. The zero-order chi connectivity index (χ0) is 15.7. The number of carbonyl (C=O) groups excluding carboxylic acids is 1. The van der Waals surface area contributed by atoms with Crippen LogP contribution in [0.15, 0.2) is 51.7 Å². The van der Waals surface area contributed by atoms with Gasteiger partial charge < -0.3 is 9.73 Å². The lowest BCUT2D eigenvalue weighted by molar-refractivity contribution is 0.0950. The van der Waals surface area contributed by atoms with E-state index in [0.717, 1.165) is 16.6 Å². The molecule has 1 amide bonds. The maximum Gasteiger partial charge on any atom is 0.419 e. The first-order valence-electron chi connectivity index (χ1n) is 6.98. The lowest BCUT2D eigenvalue weighted by Gasteiger charge is -2.07. The lowest BCUT2D eigenvalue weighted by Crippen LogP contribution is -2.23. The number of carbonyl (C=O) groups is 1. The fraction of sp³-hybridized carbons (Fsp3) is 0.176. The van der Waals surface area contributed by atoms with Crippen LogP contribution in [0, 0.1) is 6.92 Å². The largest absolute Gasteiger partial charge is 0.419 e. The molecule has 0 unspecified atom stereocenters. The number of aromatic nitrogens is 1. The number of amides is 1.